The Morgan fingerprint density at radius 3 is 2.86 bits per heavy atom. The summed E-state index contributed by atoms with van der Waals surface area (Å²) in [5.74, 6) is -0.899. The van der Waals surface area contributed by atoms with Crippen molar-refractivity contribution in [1.29, 1.82) is 0 Å². The zero-order valence-corrected chi connectivity index (χ0v) is 12.4. The summed E-state index contributed by atoms with van der Waals surface area (Å²) < 4.78 is 36.6. The molecular weight excluding hydrogens is 264 g/mol. The lowest BCUT2D eigenvalue weighted by Crippen LogP contribution is -2.15. The van der Waals surface area contributed by atoms with E-state index in [1.54, 1.807) is 6.08 Å². The Bertz CT molecular complexity index is 537. The quantitative estimate of drug-likeness (QED) is 0.450. The van der Waals surface area contributed by atoms with Gasteiger partial charge in [-0.3, -0.25) is 9.59 Å². The monoisotopic (exact) mass is 297 g/mol. The van der Waals surface area contributed by atoms with Crippen molar-refractivity contribution in [2.24, 2.45) is 11.8 Å². The first-order valence-corrected chi connectivity index (χ1v) is 7.66. The van der Waals surface area contributed by atoms with E-state index >= 15 is 0 Å². The number of aliphatic carboxylic acids is 1. The second-order valence-corrected chi connectivity index (χ2v) is 5.51. The molecule has 0 spiro atoms. The average Bonchev–Trinajstić information content (AvgIpc) is 2.85. The van der Waals surface area contributed by atoms with Gasteiger partial charge in [-0.15, -0.1) is 0 Å². The minimum atomic E-state index is -2.72. The van der Waals surface area contributed by atoms with Gasteiger partial charge in [0.15, 0.2) is 5.78 Å². The standard InChI is InChI=1S/C18H28O3/c1-2-3-7-11-16-15(13-14-17(16)19)10-8-5-4-6-9-12-18(20)21/h3,7,13-16H,2,4-6,8-12H2,1H3,(H,20,21)/b7-3-/t15-,16+/m0/s1/i1D3,2D2. The third-order valence-electron chi connectivity index (χ3n) is 3.91. The minimum Gasteiger partial charge on any atom is -0.481 e. The molecule has 0 heterocycles. The second kappa shape index (κ2) is 10.4. The van der Waals surface area contributed by atoms with Crippen LogP contribution in [0.1, 0.15) is 71.4 Å². The normalized spacial score (nSPS) is 26.3. The average molecular weight is 297 g/mol. The van der Waals surface area contributed by atoms with Gasteiger partial charge in [0, 0.05) is 19.2 Å². The molecule has 0 bridgehead atoms. The maximum atomic E-state index is 12.0. The Kier molecular flexibility index (Phi) is 5.54. The van der Waals surface area contributed by atoms with Crippen LogP contribution in [0.25, 0.3) is 0 Å². The van der Waals surface area contributed by atoms with Gasteiger partial charge in [-0.2, -0.15) is 0 Å². The van der Waals surface area contributed by atoms with E-state index in [1.807, 2.05) is 6.08 Å². The number of carbonyl (C=O) groups is 2. The second-order valence-electron chi connectivity index (χ2n) is 5.51. The maximum absolute atomic E-state index is 12.0. The molecule has 1 N–H and O–H groups in total. The molecule has 0 aromatic heterocycles. The van der Waals surface area contributed by atoms with Crippen LogP contribution in [-0.4, -0.2) is 16.9 Å². The molecule has 0 aromatic rings. The zero-order valence-electron chi connectivity index (χ0n) is 17.4. The fourth-order valence-electron chi connectivity index (χ4n) is 2.74. The van der Waals surface area contributed by atoms with E-state index in [0.717, 1.165) is 38.2 Å². The minimum absolute atomic E-state index is 0.00977. The molecule has 0 aromatic carbocycles. The van der Waals surface area contributed by atoms with E-state index in [0.29, 0.717) is 12.8 Å². The summed E-state index contributed by atoms with van der Waals surface area (Å²) in [5, 5.41) is 8.58. The van der Waals surface area contributed by atoms with Crippen LogP contribution in [0.3, 0.4) is 0 Å². The van der Waals surface area contributed by atoms with Crippen molar-refractivity contribution in [2.45, 2.75) is 64.6 Å². The Labute approximate surface area is 135 Å². The lowest BCUT2D eigenvalue weighted by Gasteiger charge is -2.16. The molecule has 1 rings (SSSR count). The number of ketones is 1. The first kappa shape index (κ1) is 11.2. The highest BCUT2D eigenvalue weighted by atomic mass is 16.4. The molecule has 0 amide bonds. The third-order valence-corrected chi connectivity index (χ3v) is 3.91. The summed E-state index contributed by atoms with van der Waals surface area (Å²) in [6.07, 6.45) is 9.47. The van der Waals surface area contributed by atoms with Gasteiger partial charge < -0.3 is 5.11 Å². The Morgan fingerprint density at radius 1 is 1.33 bits per heavy atom. The van der Waals surface area contributed by atoms with Crippen molar-refractivity contribution < 1.29 is 21.5 Å². The van der Waals surface area contributed by atoms with Gasteiger partial charge in [0.25, 0.3) is 0 Å². The third kappa shape index (κ3) is 7.26. The lowest BCUT2D eigenvalue weighted by atomic mass is 9.87. The molecule has 2 atom stereocenters. The summed E-state index contributed by atoms with van der Waals surface area (Å²) in [6.45, 7) is -2.72. The van der Waals surface area contributed by atoms with Crippen LogP contribution in [0.2, 0.25) is 0 Å². The van der Waals surface area contributed by atoms with Gasteiger partial charge in [-0.1, -0.05) is 50.8 Å². The van der Waals surface area contributed by atoms with Gasteiger partial charge in [0.05, 0.1) is 0 Å². The fraction of sp³-hybridized carbons (Fsp3) is 0.667. The molecule has 3 nitrogen and oxygen atoms in total. The number of carboxylic acid groups (broad SMARTS) is 1. The molecule has 0 unspecified atom stereocenters. The van der Waals surface area contributed by atoms with E-state index < -0.39 is 19.2 Å². The van der Waals surface area contributed by atoms with E-state index in [-0.39, 0.29) is 24.0 Å². The summed E-state index contributed by atoms with van der Waals surface area (Å²) in [7, 11) is 0. The number of unbranched alkanes of at least 4 members (excludes halogenated alkanes) is 4. The number of hydrogen-bond donors (Lipinski definition) is 1. The number of carboxylic acids is 1. The van der Waals surface area contributed by atoms with E-state index in [2.05, 4.69) is 0 Å². The lowest BCUT2D eigenvalue weighted by molar-refractivity contribution is -0.137. The van der Waals surface area contributed by atoms with Crippen molar-refractivity contribution in [3.63, 3.8) is 0 Å². The first-order chi connectivity index (χ1) is 12.0. The summed E-state index contributed by atoms with van der Waals surface area (Å²) in [4.78, 5) is 22.4. The SMILES string of the molecule is [2H]C([2H])([2H])C([2H])([2H])/C=C\C[C@H]1C(=O)C=C[C@@H]1CCCCCCCC(=O)O. The molecule has 21 heavy (non-hydrogen) atoms. The van der Waals surface area contributed by atoms with Crippen molar-refractivity contribution >= 4 is 11.8 Å². The van der Waals surface area contributed by atoms with Crippen LogP contribution in [0, 0.1) is 11.8 Å². The molecule has 0 fully saturated rings. The highest BCUT2D eigenvalue weighted by molar-refractivity contribution is 5.94. The summed E-state index contributed by atoms with van der Waals surface area (Å²) in [6, 6.07) is 0. The van der Waals surface area contributed by atoms with Gasteiger partial charge in [-0.25, -0.2) is 0 Å². The van der Waals surface area contributed by atoms with Crippen molar-refractivity contribution in [3.8, 4) is 0 Å². The molecule has 0 radical (unpaired) electrons. The number of carbonyl (C=O) groups excluding carboxylic acids is 1. The van der Waals surface area contributed by atoms with Crippen molar-refractivity contribution in [2.75, 3.05) is 0 Å². The van der Waals surface area contributed by atoms with Crippen molar-refractivity contribution in [3.05, 3.63) is 24.3 Å². The highest BCUT2D eigenvalue weighted by Gasteiger charge is 2.28. The Hall–Kier alpha value is -1.38. The van der Waals surface area contributed by atoms with Crippen LogP contribution in [0.4, 0.5) is 0 Å². The van der Waals surface area contributed by atoms with E-state index in [9.17, 15) is 9.59 Å². The predicted molar refractivity (Wildman–Crippen MR) is 85.1 cm³/mol. The van der Waals surface area contributed by atoms with Gasteiger partial charge >= 0.3 is 5.97 Å². The molecule has 1 aliphatic carbocycles. The van der Waals surface area contributed by atoms with E-state index in [4.69, 9.17) is 12.0 Å². The van der Waals surface area contributed by atoms with Gasteiger partial charge in [-0.05, 0) is 37.6 Å². The Morgan fingerprint density at radius 2 is 2.10 bits per heavy atom. The van der Waals surface area contributed by atoms with Crippen LogP contribution in [-0.2, 0) is 9.59 Å². The summed E-state index contributed by atoms with van der Waals surface area (Å²) >= 11 is 0. The molecule has 0 aliphatic heterocycles. The molecule has 1 aliphatic rings. The molecular formula is C18H28O3. The first-order valence-electron chi connectivity index (χ1n) is 10.2. The smallest absolute Gasteiger partial charge is 0.303 e. The molecule has 118 valence electrons. The van der Waals surface area contributed by atoms with Crippen LogP contribution >= 0.6 is 0 Å². The van der Waals surface area contributed by atoms with Crippen LogP contribution in [0.5, 0.6) is 0 Å². The van der Waals surface area contributed by atoms with Gasteiger partial charge in [0.1, 0.15) is 0 Å². The van der Waals surface area contributed by atoms with Crippen LogP contribution < -0.4 is 0 Å². The van der Waals surface area contributed by atoms with Gasteiger partial charge in [0.2, 0.25) is 0 Å². The number of hydrogen-bond acceptors (Lipinski definition) is 2. The predicted octanol–water partition coefficient (Wildman–Crippen LogP) is 4.53. The summed E-state index contributed by atoms with van der Waals surface area (Å²) in [5.41, 5.74) is 0. The molecule has 0 saturated heterocycles. The fourth-order valence-corrected chi connectivity index (χ4v) is 2.74. The highest BCUT2D eigenvalue weighted by Crippen LogP contribution is 2.30. The zero-order chi connectivity index (χ0) is 19.8. The number of rotatable bonds is 11. The molecule has 3 heteroatoms. The largest absolute Gasteiger partial charge is 0.481 e. The van der Waals surface area contributed by atoms with Crippen LogP contribution in [0.15, 0.2) is 24.3 Å². The Balaban J connectivity index is 2.37. The molecule has 0 saturated carbocycles. The van der Waals surface area contributed by atoms with Crippen molar-refractivity contribution in [1.82, 2.24) is 0 Å². The van der Waals surface area contributed by atoms with E-state index in [1.165, 1.54) is 6.08 Å². The maximum Gasteiger partial charge on any atom is 0.303 e. The number of allylic oxidation sites excluding steroid dienone is 4. The topological polar surface area (TPSA) is 54.4 Å².